The van der Waals surface area contributed by atoms with E-state index in [0.29, 0.717) is 17.5 Å². The third-order valence-electron chi connectivity index (χ3n) is 8.13. The van der Waals surface area contributed by atoms with Gasteiger partial charge in [0.2, 0.25) is 0 Å². The molecule has 0 radical (unpaired) electrons. The number of hydrogen-bond donors (Lipinski definition) is 0. The molecule has 0 unspecified atom stereocenters. The highest BCUT2D eigenvalue weighted by atomic mass is 16.3. The van der Waals surface area contributed by atoms with Gasteiger partial charge in [-0.3, -0.25) is 0 Å². The highest BCUT2D eigenvalue weighted by molar-refractivity contribution is 6.20. The molecular weight excluding hydrogens is 542 g/mol. The summed E-state index contributed by atoms with van der Waals surface area (Å²) in [7, 11) is 0. The van der Waals surface area contributed by atoms with Crippen molar-refractivity contribution < 1.29 is 8.83 Å². The lowest BCUT2D eigenvalue weighted by molar-refractivity contribution is 0.668. The van der Waals surface area contributed by atoms with Gasteiger partial charge in [-0.1, -0.05) is 109 Å². The first-order valence-electron chi connectivity index (χ1n) is 14.5. The molecule has 0 amide bonds. The molecule has 0 atom stereocenters. The molecule has 3 aromatic heterocycles. The molecule has 44 heavy (non-hydrogen) atoms. The van der Waals surface area contributed by atoms with Gasteiger partial charge in [0.15, 0.2) is 17.5 Å². The van der Waals surface area contributed by atoms with Crippen molar-refractivity contribution in [1.29, 1.82) is 0 Å². The second-order valence-electron chi connectivity index (χ2n) is 10.8. The zero-order chi connectivity index (χ0) is 29.0. The second-order valence-corrected chi connectivity index (χ2v) is 10.8. The van der Waals surface area contributed by atoms with E-state index in [1.807, 2.05) is 115 Å². The van der Waals surface area contributed by atoms with Crippen molar-refractivity contribution in [2.24, 2.45) is 0 Å². The maximum Gasteiger partial charge on any atom is 0.164 e. The zero-order valence-electron chi connectivity index (χ0n) is 23.4. The second kappa shape index (κ2) is 9.75. The molecule has 0 bridgehead atoms. The minimum absolute atomic E-state index is 0.575. The van der Waals surface area contributed by atoms with Gasteiger partial charge in [-0.2, -0.15) is 0 Å². The molecule has 0 aliphatic carbocycles. The van der Waals surface area contributed by atoms with Gasteiger partial charge in [0.05, 0.1) is 0 Å². The summed E-state index contributed by atoms with van der Waals surface area (Å²) in [5.41, 5.74) is 8.08. The summed E-state index contributed by atoms with van der Waals surface area (Å²) in [6.07, 6.45) is 0. The minimum atomic E-state index is 0.575. The number of rotatable bonds is 4. The Labute approximate surface area is 252 Å². The van der Waals surface area contributed by atoms with Crippen LogP contribution < -0.4 is 0 Å². The van der Waals surface area contributed by atoms with E-state index in [4.69, 9.17) is 23.8 Å². The van der Waals surface area contributed by atoms with Crippen molar-refractivity contribution in [1.82, 2.24) is 15.0 Å². The Kier molecular flexibility index (Phi) is 5.43. The summed E-state index contributed by atoms with van der Waals surface area (Å²) in [6.45, 7) is 0. The molecule has 0 N–H and O–H groups in total. The molecule has 5 heteroatoms. The summed E-state index contributed by atoms with van der Waals surface area (Å²) in [5, 5.41) is 4.24. The minimum Gasteiger partial charge on any atom is -0.456 e. The quantitative estimate of drug-likeness (QED) is 0.212. The van der Waals surface area contributed by atoms with Gasteiger partial charge in [-0.05, 0) is 41.5 Å². The average Bonchev–Trinajstić information content (AvgIpc) is 3.67. The van der Waals surface area contributed by atoms with E-state index in [0.717, 1.165) is 71.7 Å². The number of para-hydroxylation sites is 2. The molecule has 0 aliphatic rings. The van der Waals surface area contributed by atoms with Crippen LogP contribution in [0.15, 0.2) is 148 Å². The van der Waals surface area contributed by atoms with Crippen molar-refractivity contribution in [2.75, 3.05) is 0 Å². The topological polar surface area (TPSA) is 65.0 Å². The number of aromatic nitrogens is 3. The van der Waals surface area contributed by atoms with Gasteiger partial charge < -0.3 is 8.83 Å². The fourth-order valence-corrected chi connectivity index (χ4v) is 6.13. The smallest absolute Gasteiger partial charge is 0.164 e. The standard InChI is InChI=1S/C39H23N3O2/c1-3-12-24(13-4-1)37-40-38(25-14-5-2-6-15-25)42-39(41-37)26-22-30(36-29-17-8-10-20-32(29)44-34(36)23-26)27-18-11-21-33-35(27)28-16-7-9-19-31(28)43-33/h1-23H. The molecule has 206 valence electrons. The molecule has 0 saturated carbocycles. The molecule has 6 aromatic carbocycles. The van der Waals surface area contributed by atoms with Crippen molar-refractivity contribution in [3.8, 4) is 45.3 Å². The SMILES string of the molecule is c1ccc(-c2nc(-c3ccccc3)nc(-c3cc(-c4cccc5oc6ccccc6c45)c4c(c3)oc3ccccc34)n2)cc1. The maximum absolute atomic E-state index is 6.49. The van der Waals surface area contributed by atoms with Crippen molar-refractivity contribution in [2.45, 2.75) is 0 Å². The Morgan fingerprint density at radius 2 is 0.818 bits per heavy atom. The van der Waals surface area contributed by atoms with Gasteiger partial charge in [0.1, 0.15) is 22.3 Å². The lowest BCUT2D eigenvalue weighted by Crippen LogP contribution is -2.00. The predicted octanol–water partition coefficient (Wildman–Crippen LogP) is 10.3. The predicted molar refractivity (Wildman–Crippen MR) is 176 cm³/mol. The van der Waals surface area contributed by atoms with Crippen molar-refractivity contribution >= 4 is 43.9 Å². The maximum atomic E-state index is 6.49. The van der Waals surface area contributed by atoms with E-state index in [-0.39, 0.29) is 0 Å². The van der Waals surface area contributed by atoms with Crippen LogP contribution in [0, 0.1) is 0 Å². The summed E-state index contributed by atoms with van der Waals surface area (Å²) in [4.78, 5) is 14.9. The summed E-state index contributed by atoms with van der Waals surface area (Å²) >= 11 is 0. The van der Waals surface area contributed by atoms with Crippen LogP contribution in [0.5, 0.6) is 0 Å². The van der Waals surface area contributed by atoms with Gasteiger partial charge >= 0.3 is 0 Å². The largest absolute Gasteiger partial charge is 0.456 e. The monoisotopic (exact) mass is 565 g/mol. The molecule has 9 rings (SSSR count). The Morgan fingerprint density at radius 1 is 0.341 bits per heavy atom. The first kappa shape index (κ1) is 24.5. The van der Waals surface area contributed by atoms with E-state index < -0.39 is 0 Å². The average molecular weight is 566 g/mol. The molecule has 5 nitrogen and oxygen atoms in total. The molecule has 0 aliphatic heterocycles. The van der Waals surface area contributed by atoms with Gasteiger partial charge in [-0.25, -0.2) is 15.0 Å². The number of hydrogen-bond acceptors (Lipinski definition) is 5. The Balaban J connectivity index is 1.37. The van der Waals surface area contributed by atoms with Crippen molar-refractivity contribution in [3.05, 3.63) is 140 Å². The Hall–Kier alpha value is -6.07. The fourth-order valence-electron chi connectivity index (χ4n) is 6.13. The molecular formula is C39H23N3O2. The van der Waals surface area contributed by atoms with E-state index in [2.05, 4.69) is 24.3 Å². The fraction of sp³-hybridized carbons (Fsp3) is 0. The van der Waals surface area contributed by atoms with Gasteiger partial charge in [0.25, 0.3) is 0 Å². The molecule has 3 heterocycles. The first-order chi connectivity index (χ1) is 21.8. The summed E-state index contributed by atoms with van der Waals surface area (Å²) < 4.78 is 12.8. The zero-order valence-corrected chi connectivity index (χ0v) is 23.4. The van der Waals surface area contributed by atoms with Crippen LogP contribution in [0.2, 0.25) is 0 Å². The first-order valence-corrected chi connectivity index (χ1v) is 14.5. The van der Waals surface area contributed by atoms with E-state index in [9.17, 15) is 0 Å². The van der Waals surface area contributed by atoms with Crippen LogP contribution in [0.25, 0.3) is 89.2 Å². The Bertz CT molecular complexity index is 2440. The lowest BCUT2D eigenvalue weighted by Gasteiger charge is -2.11. The lowest BCUT2D eigenvalue weighted by atomic mass is 9.93. The van der Waals surface area contributed by atoms with Crippen LogP contribution in [0.4, 0.5) is 0 Å². The third-order valence-corrected chi connectivity index (χ3v) is 8.13. The molecule has 9 aromatic rings. The van der Waals surface area contributed by atoms with Crippen LogP contribution in [0.1, 0.15) is 0 Å². The Morgan fingerprint density at radius 3 is 1.43 bits per heavy atom. The van der Waals surface area contributed by atoms with E-state index >= 15 is 0 Å². The molecule has 0 spiro atoms. The number of benzene rings is 6. The number of fused-ring (bicyclic) bond motifs is 6. The van der Waals surface area contributed by atoms with E-state index in [1.165, 1.54) is 0 Å². The normalized spacial score (nSPS) is 11.6. The van der Waals surface area contributed by atoms with Crippen molar-refractivity contribution in [3.63, 3.8) is 0 Å². The number of nitrogens with zero attached hydrogens (tertiary/aromatic N) is 3. The molecule has 0 saturated heterocycles. The van der Waals surface area contributed by atoms with Crippen LogP contribution in [-0.4, -0.2) is 15.0 Å². The highest BCUT2D eigenvalue weighted by Crippen LogP contribution is 2.44. The van der Waals surface area contributed by atoms with Crippen LogP contribution >= 0.6 is 0 Å². The summed E-state index contributed by atoms with van der Waals surface area (Å²) in [5.74, 6) is 1.80. The third kappa shape index (κ3) is 3.91. The molecule has 0 fully saturated rings. The van der Waals surface area contributed by atoms with Crippen LogP contribution in [0.3, 0.4) is 0 Å². The van der Waals surface area contributed by atoms with Gasteiger partial charge in [-0.15, -0.1) is 0 Å². The van der Waals surface area contributed by atoms with Gasteiger partial charge in [0, 0.05) is 38.2 Å². The van der Waals surface area contributed by atoms with Crippen LogP contribution in [-0.2, 0) is 0 Å². The number of furan rings is 2. The highest BCUT2D eigenvalue weighted by Gasteiger charge is 2.21. The summed E-state index contributed by atoms with van der Waals surface area (Å²) in [6, 6.07) is 46.9. The van der Waals surface area contributed by atoms with E-state index in [1.54, 1.807) is 0 Å².